The van der Waals surface area contributed by atoms with E-state index in [2.05, 4.69) is 65.3 Å². The molecular formula is C26H32N2O. The van der Waals surface area contributed by atoms with Crippen LogP contribution in [0.2, 0.25) is 0 Å². The molecule has 1 N–H and O–H groups in total. The molecule has 2 aliphatic rings. The Labute approximate surface area is 174 Å². The summed E-state index contributed by atoms with van der Waals surface area (Å²) in [6.07, 6.45) is 7.19. The van der Waals surface area contributed by atoms with Gasteiger partial charge < -0.3 is 10.2 Å². The van der Waals surface area contributed by atoms with Crippen molar-refractivity contribution in [1.82, 2.24) is 10.2 Å². The molecule has 2 aromatic rings. The minimum atomic E-state index is -0.321. The molecule has 1 heterocycles. The molecule has 4 rings (SSSR count). The van der Waals surface area contributed by atoms with E-state index in [1.807, 2.05) is 6.07 Å². The minimum Gasteiger partial charge on any atom is -0.352 e. The molecule has 1 amide bonds. The molecule has 0 radical (unpaired) electrons. The molecule has 0 bridgehead atoms. The molecule has 3 heteroatoms. The van der Waals surface area contributed by atoms with Crippen LogP contribution in [-0.4, -0.2) is 37.0 Å². The molecule has 152 valence electrons. The lowest BCUT2D eigenvalue weighted by molar-refractivity contribution is -0.133. The van der Waals surface area contributed by atoms with Crippen LogP contribution in [0.25, 0.3) is 11.1 Å². The zero-order chi connectivity index (χ0) is 20.1. The van der Waals surface area contributed by atoms with Gasteiger partial charge in [0.05, 0.1) is 5.41 Å². The highest BCUT2D eigenvalue weighted by Crippen LogP contribution is 2.38. The fourth-order valence-electron chi connectivity index (χ4n) is 4.55. The molecule has 3 nitrogen and oxygen atoms in total. The SMILES string of the molecule is C=CCNC(=O)C1(Cc2cccc(-c3ccccc3)c2)CCN(CC2CC2)CC1. The van der Waals surface area contributed by atoms with Crippen LogP contribution in [0.15, 0.2) is 67.3 Å². The lowest BCUT2D eigenvalue weighted by atomic mass is 9.72. The monoisotopic (exact) mass is 388 g/mol. The fourth-order valence-corrected chi connectivity index (χ4v) is 4.55. The van der Waals surface area contributed by atoms with E-state index < -0.39 is 0 Å². The van der Waals surface area contributed by atoms with Gasteiger partial charge in [0.15, 0.2) is 0 Å². The Bertz CT molecular complexity index is 833. The number of carbonyl (C=O) groups is 1. The summed E-state index contributed by atoms with van der Waals surface area (Å²) in [5.74, 6) is 1.09. The smallest absolute Gasteiger partial charge is 0.226 e. The molecule has 1 saturated heterocycles. The molecule has 2 fully saturated rings. The third kappa shape index (κ3) is 4.97. The summed E-state index contributed by atoms with van der Waals surface area (Å²) < 4.78 is 0. The average Bonchev–Trinajstić information content (AvgIpc) is 3.58. The van der Waals surface area contributed by atoms with Crippen LogP contribution in [-0.2, 0) is 11.2 Å². The maximum absolute atomic E-state index is 13.2. The second-order valence-corrected chi connectivity index (χ2v) is 8.77. The first-order chi connectivity index (χ1) is 14.2. The predicted molar refractivity (Wildman–Crippen MR) is 120 cm³/mol. The van der Waals surface area contributed by atoms with Crippen molar-refractivity contribution in [3.05, 3.63) is 72.8 Å². The van der Waals surface area contributed by atoms with Gasteiger partial charge in [-0.05, 0) is 67.8 Å². The van der Waals surface area contributed by atoms with Crippen LogP contribution in [0.5, 0.6) is 0 Å². The number of rotatable bonds is 8. The van der Waals surface area contributed by atoms with Gasteiger partial charge in [-0.1, -0.05) is 60.7 Å². The van der Waals surface area contributed by atoms with E-state index in [9.17, 15) is 4.79 Å². The molecule has 1 aliphatic heterocycles. The number of hydrogen-bond acceptors (Lipinski definition) is 2. The van der Waals surface area contributed by atoms with Gasteiger partial charge in [-0.3, -0.25) is 4.79 Å². The Morgan fingerprint density at radius 3 is 2.48 bits per heavy atom. The second-order valence-electron chi connectivity index (χ2n) is 8.77. The van der Waals surface area contributed by atoms with E-state index in [4.69, 9.17) is 0 Å². The summed E-state index contributed by atoms with van der Waals surface area (Å²) in [4.78, 5) is 15.8. The van der Waals surface area contributed by atoms with Gasteiger partial charge in [-0.25, -0.2) is 0 Å². The van der Waals surface area contributed by atoms with Crippen LogP contribution < -0.4 is 5.32 Å². The van der Waals surface area contributed by atoms with Gasteiger partial charge >= 0.3 is 0 Å². The van der Waals surface area contributed by atoms with E-state index >= 15 is 0 Å². The molecular weight excluding hydrogens is 356 g/mol. The number of carbonyl (C=O) groups excluding carboxylic acids is 1. The third-order valence-corrected chi connectivity index (χ3v) is 6.49. The number of hydrogen-bond donors (Lipinski definition) is 1. The average molecular weight is 389 g/mol. The maximum Gasteiger partial charge on any atom is 0.226 e. The number of nitrogens with zero attached hydrogens (tertiary/aromatic N) is 1. The Kier molecular flexibility index (Phi) is 6.15. The van der Waals surface area contributed by atoms with Gasteiger partial charge in [0, 0.05) is 13.1 Å². The van der Waals surface area contributed by atoms with Crippen LogP contribution >= 0.6 is 0 Å². The highest BCUT2D eigenvalue weighted by Gasteiger charge is 2.41. The number of benzene rings is 2. The van der Waals surface area contributed by atoms with Crippen molar-refractivity contribution < 1.29 is 4.79 Å². The van der Waals surface area contributed by atoms with Gasteiger partial charge in [0.2, 0.25) is 5.91 Å². The number of amides is 1. The topological polar surface area (TPSA) is 32.3 Å². The third-order valence-electron chi connectivity index (χ3n) is 6.49. The predicted octanol–water partition coefficient (Wildman–Crippen LogP) is 4.69. The molecule has 1 aliphatic carbocycles. The summed E-state index contributed by atoms with van der Waals surface area (Å²) in [6.45, 7) is 7.56. The summed E-state index contributed by atoms with van der Waals surface area (Å²) in [5.41, 5.74) is 3.36. The van der Waals surface area contributed by atoms with Gasteiger partial charge in [0.1, 0.15) is 0 Å². The summed E-state index contributed by atoms with van der Waals surface area (Å²) >= 11 is 0. The van der Waals surface area contributed by atoms with Crippen LogP contribution in [0, 0.1) is 11.3 Å². The van der Waals surface area contributed by atoms with Crippen molar-refractivity contribution >= 4 is 5.91 Å². The van der Waals surface area contributed by atoms with Crippen molar-refractivity contribution in [2.45, 2.75) is 32.1 Å². The van der Waals surface area contributed by atoms with Gasteiger partial charge in [0.25, 0.3) is 0 Å². The lowest BCUT2D eigenvalue weighted by Crippen LogP contribution is -2.50. The van der Waals surface area contributed by atoms with Crippen molar-refractivity contribution in [2.24, 2.45) is 11.3 Å². The van der Waals surface area contributed by atoms with Crippen LogP contribution in [0.4, 0.5) is 0 Å². The Morgan fingerprint density at radius 2 is 1.79 bits per heavy atom. The van der Waals surface area contributed by atoms with E-state index in [0.29, 0.717) is 6.54 Å². The molecule has 29 heavy (non-hydrogen) atoms. The maximum atomic E-state index is 13.2. The van der Waals surface area contributed by atoms with Crippen molar-refractivity contribution in [3.63, 3.8) is 0 Å². The number of nitrogens with one attached hydrogen (secondary N) is 1. The molecule has 0 aromatic heterocycles. The first-order valence-corrected chi connectivity index (χ1v) is 10.9. The van der Waals surface area contributed by atoms with Crippen LogP contribution in [0.3, 0.4) is 0 Å². The van der Waals surface area contributed by atoms with E-state index in [0.717, 1.165) is 38.3 Å². The highest BCUT2D eigenvalue weighted by atomic mass is 16.2. The molecule has 0 spiro atoms. The summed E-state index contributed by atoms with van der Waals surface area (Å²) in [7, 11) is 0. The van der Waals surface area contributed by atoms with Crippen molar-refractivity contribution in [1.29, 1.82) is 0 Å². The molecule has 2 aromatic carbocycles. The number of piperidine rings is 1. The number of likely N-dealkylation sites (tertiary alicyclic amines) is 1. The summed E-state index contributed by atoms with van der Waals surface area (Å²) in [5, 5.41) is 3.10. The van der Waals surface area contributed by atoms with Crippen molar-refractivity contribution in [3.8, 4) is 11.1 Å². The Hall–Kier alpha value is -2.39. The Balaban J connectivity index is 1.52. The zero-order valence-electron chi connectivity index (χ0n) is 17.3. The van der Waals surface area contributed by atoms with E-state index in [1.54, 1.807) is 6.08 Å². The summed E-state index contributed by atoms with van der Waals surface area (Å²) in [6, 6.07) is 19.2. The van der Waals surface area contributed by atoms with Gasteiger partial charge in [-0.2, -0.15) is 0 Å². The Morgan fingerprint density at radius 1 is 1.07 bits per heavy atom. The van der Waals surface area contributed by atoms with E-state index in [-0.39, 0.29) is 11.3 Å². The fraction of sp³-hybridized carbons (Fsp3) is 0.423. The van der Waals surface area contributed by atoms with Crippen LogP contribution in [0.1, 0.15) is 31.2 Å². The van der Waals surface area contributed by atoms with E-state index in [1.165, 1.54) is 36.1 Å². The largest absolute Gasteiger partial charge is 0.352 e. The molecule has 0 unspecified atom stereocenters. The standard InChI is InChI=1S/C26H32N2O/c1-2-15-27-25(29)26(13-16-28(17-14-26)20-21-11-12-21)19-22-7-6-10-24(18-22)23-8-4-3-5-9-23/h2-10,18,21H,1,11-17,19-20H2,(H,27,29). The lowest BCUT2D eigenvalue weighted by Gasteiger charge is -2.41. The normalized spacial score (nSPS) is 18.9. The van der Waals surface area contributed by atoms with Gasteiger partial charge in [-0.15, -0.1) is 6.58 Å². The molecule has 1 saturated carbocycles. The minimum absolute atomic E-state index is 0.189. The highest BCUT2D eigenvalue weighted by molar-refractivity contribution is 5.83. The second kappa shape index (κ2) is 8.96. The first-order valence-electron chi connectivity index (χ1n) is 10.9. The quantitative estimate of drug-likeness (QED) is 0.666. The molecule has 0 atom stereocenters. The zero-order valence-corrected chi connectivity index (χ0v) is 17.3. The van der Waals surface area contributed by atoms with Crippen molar-refractivity contribution in [2.75, 3.05) is 26.2 Å². The first kappa shape index (κ1) is 19.9.